The lowest BCUT2D eigenvalue weighted by Gasteiger charge is -2.15. The Kier molecular flexibility index (Phi) is 5.33. The molecule has 0 bridgehead atoms. The van der Waals surface area contributed by atoms with Crippen LogP contribution in [0.5, 0.6) is 5.75 Å². The first kappa shape index (κ1) is 15.5. The van der Waals surface area contributed by atoms with Crippen LogP contribution in [0.15, 0.2) is 30.6 Å². The molecular weight excluding hydrogens is 264 g/mol. The van der Waals surface area contributed by atoms with Gasteiger partial charge in [-0.25, -0.2) is 4.98 Å². The second-order valence-electron chi connectivity index (χ2n) is 5.45. The Balaban J connectivity index is 2.09. The molecule has 1 atom stereocenters. The number of aromatic nitrogens is 3. The molecule has 1 aromatic carbocycles. The minimum Gasteiger partial charge on any atom is -0.491 e. The summed E-state index contributed by atoms with van der Waals surface area (Å²) in [6.45, 7) is 7.02. The predicted octanol–water partition coefficient (Wildman–Crippen LogP) is 2.72. The highest BCUT2D eigenvalue weighted by Crippen LogP contribution is 2.21. The van der Waals surface area contributed by atoms with E-state index in [0.717, 1.165) is 30.1 Å². The summed E-state index contributed by atoms with van der Waals surface area (Å²) >= 11 is 0. The van der Waals surface area contributed by atoms with Crippen molar-refractivity contribution in [3.8, 4) is 5.75 Å². The third kappa shape index (κ3) is 4.29. The fourth-order valence-corrected chi connectivity index (χ4v) is 2.25. The summed E-state index contributed by atoms with van der Waals surface area (Å²) in [6, 6.07) is 7.85. The molecule has 0 fully saturated rings. The number of benzene rings is 1. The average Bonchev–Trinajstić information content (AvgIpc) is 2.86. The van der Waals surface area contributed by atoms with Gasteiger partial charge in [0.25, 0.3) is 0 Å². The fraction of sp³-hybridized carbons (Fsp3) is 0.500. The summed E-state index contributed by atoms with van der Waals surface area (Å²) in [7, 11) is 0. The van der Waals surface area contributed by atoms with Crippen LogP contribution in [0, 0.1) is 0 Å². The van der Waals surface area contributed by atoms with E-state index in [2.05, 4.69) is 17.0 Å². The molecule has 0 radical (unpaired) electrons. The molecule has 0 amide bonds. The smallest absolute Gasteiger partial charge is 0.138 e. The second kappa shape index (κ2) is 7.22. The largest absolute Gasteiger partial charge is 0.491 e. The molecule has 1 aromatic heterocycles. The van der Waals surface area contributed by atoms with E-state index in [1.165, 1.54) is 0 Å². The number of ether oxygens (including phenoxy) is 1. The van der Waals surface area contributed by atoms with E-state index in [-0.39, 0.29) is 12.1 Å². The number of hydrogen-bond acceptors (Lipinski definition) is 4. The first-order valence-electron chi connectivity index (χ1n) is 7.49. The fourth-order valence-electron chi connectivity index (χ4n) is 2.25. The first-order valence-corrected chi connectivity index (χ1v) is 7.49. The Morgan fingerprint density at radius 3 is 2.86 bits per heavy atom. The van der Waals surface area contributed by atoms with Gasteiger partial charge in [0.15, 0.2) is 0 Å². The minimum atomic E-state index is -0.111. The van der Waals surface area contributed by atoms with Crippen molar-refractivity contribution >= 4 is 0 Å². The molecule has 0 saturated heterocycles. The molecule has 2 aromatic rings. The normalized spacial score (nSPS) is 12.6. The number of nitrogens with zero attached hydrogens (tertiary/aromatic N) is 3. The molecular formula is C16H24N4O. The summed E-state index contributed by atoms with van der Waals surface area (Å²) < 4.78 is 7.64. The zero-order chi connectivity index (χ0) is 15.2. The summed E-state index contributed by atoms with van der Waals surface area (Å²) in [5.74, 6) is 1.78. The van der Waals surface area contributed by atoms with Crippen LogP contribution in [-0.4, -0.2) is 20.9 Å². The number of aryl methyl sites for hydroxylation is 1. The standard InChI is InChI=1S/C16H24N4O/c1-4-8-20-16(18-11-19-20)10-15(17)13-6-5-7-14(9-13)21-12(2)3/h5-7,9,11-12,15H,4,8,10,17H2,1-3H3. The highest BCUT2D eigenvalue weighted by molar-refractivity contribution is 5.31. The zero-order valence-electron chi connectivity index (χ0n) is 13.0. The van der Waals surface area contributed by atoms with E-state index >= 15 is 0 Å². The maximum atomic E-state index is 6.31. The van der Waals surface area contributed by atoms with Gasteiger partial charge in [-0.15, -0.1) is 0 Å². The Bertz CT molecular complexity index is 565. The van der Waals surface area contributed by atoms with Crippen LogP contribution in [0.3, 0.4) is 0 Å². The SMILES string of the molecule is CCCn1ncnc1CC(N)c1cccc(OC(C)C)c1. The van der Waals surface area contributed by atoms with Crippen molar-refractivity contribution in [1.29, 1.82) is 0 Å². The maximum absolute atomic E-state index is 6.31. The first-order chi connectivity index (χ1) is 10.1. The number of nitrogens with two attached hydrogens (primary N) is 1. The molecule has 5 heteroatoms. The Morgan fingerprint density at radius 1 is 1.33 bits per heavy atom. The molecule has 1 heterocycles. The third-order valence-corrected chi connectivity index (χ3v) is 3.19. The van der Waals surface area contributed by atoms with E-state index in [9.17, 15) is 0 Å². The Morgan fingerprint density at radius 2 is 2.14 bits per heavy atom. The molecule has 2 rings (SSSR count). The van der Waals surface area contributed by atoms with Crippen LogP contribution < -0.4 is 10.5 Å². The van der Waals surface area contributed by atoms with Crippen LogP contribution in [0.2, 0.25) is 0 Å². The number of hydrogen-bond donors (Lipinski definition) is 1. The van der Waals surface area contributed by atoms with Crippen molar-refractivity contribution in [2.75, 3.05) is 0 Å². The van der Waals surface area contributed by atoms with Crippen LogP contribution >= 0.6 is 0 Å². The predicted molar refractivity (Wildman–Crippen MR) is 83.2 cm³/mol. The Hall–Kier alpha value is -1.88. The van der Waals surface area contributed by atoms with Crippen molar-refractivity contribution in [3.05, 3.63) is 42.0 Å². The van der Waals surface area contributed by atoms with Gasteiger partial charge in [0, 0.05) is 19.0 Å². The molecule has 0 aliphatic heterocycles. The van der Waals surface area contributed by atoms with Crippen LogP contribution in [0.1, 0.15) is 44.6 Å². The summed E-state index contributed by atoms with van der Waals surface area (Å²) in [6.07, 6.45) is 3.45. The summed E-state index contributed by atoms with van der Waals surface area (Å²) in [5, 5.41) is 4.23. The van der Waals surface area contributed by atoms with E-state index in [0.29, 0.717) is 6.42 Å². The van der Waals surface area contributed by atoms with Crippen molar-refractivity contribution in [2.45, 2.75) is 52.3 Å². The monoisotopic (exact) mass is 288 g/mol. The second-order valence-corrected chi connectivity index (χ2v) is 5.45. The molecule has 0 spiro atoms. The highest BCUT2D eigenvalue weighted by Gasteiger charge is 2.12. The molecule has 1 unspecified atom stereocenters. The number of rotatable bonds is 7. The van der Waals surface area contributed by atoms with Gasteiger partial charge in [0.2, 0.25) is 0 Å². The van der Waals surface area contributed by atoms with Crippen LogP contribution in [0.4, 0.5) is 0 Å². The Labute approximate surface area is 126 Å². The van der Waals surface area contributed by atoms with Gasteiger partial charge >= 0.3 is 0 Å². The lowest BCUT2D eigenvalue weighted by atomic mass is 10.0. The maximum Gasteiger partial charge on any atom is 0.138 e. The van der Waals surface area contributed by atoms with Crippen LogP contribution in [-0.2, 0) is 13.0 Å². The van der Waals surface area contributed by atoms with Gasteiger partial charge < -0.3 is 10.5 Å². The van der Waals surface area contributed by atoms with Gasteiger partial charge in [-0.1, -0.05) is 19.1 Å². The summed E-state index contributed by atoms with van der Waals surface area (Å²) in [5.41, 5.74) is 7.37. The average molecular weight is 288 g/mol. The van der Waals surface area contributed by atoms with Gasteiger partial charge in [0.1, 0.15) is 17.9 Å². The van der Waals surface area contributed by atoms with E-state index < -0.39 is 0 Å². The van der Waals surface area contributed by atoms with E-state index in [1.54, 1.807) is 6.33 Å². The van der Waals surface area contributed by atoms with Crippen molar-refractivity contribution < 1.29 is 4.74 Å². The molecule has 2 N–H and O–H groups in total. The van der Waals surface area contributed by atoms with Gasteiger partial charge in [-0.2, -0.15) is 5.10 Å². The van der Waals surface area contributed by atoms with Gasteiger partial charge in [-0.05, 0) is 38.0 Å². The zero-order valence-corrected chi connectivity index (χ0v) is 13.0. The van der Waals surface area contributed by atoms with Gasteiger partial charge in [0.05, 0.1) is 6.10 Å². The molecule has 21 heavy (non-hydrogen) atoms. The van der Waals surface area contributed by atoms with E-state index in [1.807, 2.05) is 42.8 Å². The van der Waals surface area contributed by atoms with Crippen molar-refractivity contribution in [3.63, 3.8) is 0 Å². The van der Waals surface area contributed by atoms with E-state index in [4.69, 9.17) is 10.5 Å². The summed E-state index contributed by atoms with van der Waals surface area (Å²) in [4.78, 5) is 4.31. The molecule has 0 saturated carbocycles. The van der Waals surface area contributed by atoms with Crippen LogP contribution in [0.25, 0.3) is 0 Å². The highest BCUT2D eigenvalue weighted by atomic mass is 16.5. The third-order valence-electron chi connectivity index (χ3n) is 3.19. The molecule has 5 nitrogen and oxygen atoms in total. The van der Waals surface area contributed by atoms with Gasteiger partial charge in [-0.3, -0.25) is 4.68 Å². The molecule has 0 aliphatic carbocycles. The van der Waals surface area contributed by atoms with Crippen molar-refractivity contribution in [2.24, 2.45) is 5.73 Å². The van der Waals surface area contributed by atoms with Crippen molar-refractivity contribution in [1.82, 2.24) is 14.8 Å². The molecule has 0 aliphatic rings. The quantitative estimate of drug-likeness (QED) is 0.850. The lowest BCUT2D eigenvalue weighted by molar-refractivity contribution is 0.242. The topological polar surface area (TPSA) is 66.0 Å². The lowest BCUT2D eigenvalue weighted by Crippen LogP contribution is -2.17. The minimum absolute atomic E-state index is 0.111. The molecule has 114 valence electrons.